The third-order valence-electron chi connectivity index (χ3n) is 3.64. The van der Waals surface area contributed by atoms with Crippen LogP contribution in [0.1, 0.15) is 21.7 Å². The van der Waals surface area contributed by atoms with Crippen LogP contribution in [0.4, 0.5) is 0 Å². The Morgan fingerprint density at radius 2 is 1.96 bits per heavy atom. The molecule has 3 rings (SSSR count). The number of carbonyl (C=O) groups excluding carboxylic acids is 1. The molecule has 0 aliphatic carbocycles. The van der Waals surface area contributed by atoms with E-state index >= 15 is 0 Å². The zero-order valence-corrected chi connectivity index (χ0v) is 15.5. The fourth-order valence-electron chi connectivity index (χ4n) is 2.39. The van der Waals surface area contributed by atoms with E-state index in [1.807, 2.05) is 24.3 Å². The van der Waals surface area contributed by atoms with Gasteiger partial charge in [0.1, 0.15) is 11.5 Å². The van der Waals surface area contributed by atoms with Crippen LogP contribution < -0.4 is 5.11 Å². The van der Waals surface area contributed by atoms with Gasteiger partial charge in [0.15, 0.2) is 0 Å². The Labute approximate surface area is 163 Å². The van der Waals surface area contributed by atoms with Gasteiger partial charge < -0.3 is 14.3 Å². The second-order valence-electron chi connectivity index (χ2n) is 5.36. The Bertz CT molecular complexity index is 1060. The Balaban J connectivity index is 1.99. The van der Waals surface area contributed by atoms with Gasteiger partial charge in [0.25, 0.3) is 0 Å². The number of carbonyl (C=O) groups is 1. The van der Waals surface area contributed by atoms with E-state index in [2.05, 4.69) is 22.0 Å². The quantitative estimate of drug-likeness (QED) is 0.561. The fraction of sp³-hybridized carbons (Fsp3) is 0. The van der Waals surface area contributed by atoms with Crippen LogP contribution in [0.3, 0.4) is 0 Å². The Morgan fingerprint density at radius 3 is 2.65 bits per heavy atom. The summed E-state index contributed by atoms with van der Waals surface area (Å²) in [5, 5.41) is 20.8. The fourth-order valence-corrected chi connectivity index (χ4v) is 3.00. The van der Waals surface area contributed by atoms with E-state index in [0.29, 0.717) is 27.7 Å². The Kier molecular flexibility index (Phi) is 5.27. The zero-order chi connectivity index (χ0) is 18.7. The number of nitrogens with zero attached hydrogens (tertiary/aromatic N) is 1. The lowest BCUT2D eigenvalue weighted by atomic mass is 10.1. The third kappa shape index (κ3) is 3.88. The number of allylic oxidation sites excluding steroid dienone is 1. The number of furan rings is 1. The average Bonchev–Trinajstić information content (AvgIpc) is 3.08. The lowest BCUT2D eigenvalue weighted by Crippen LogP contribution is -2.22. The van der Waals surface area contributed by atoms with Crippen molar-refractivity contribution in [3.05, 3.63) is 81.0 Å². The highest BCUT2D eigenvalue weighted by Crippen LogP contribution is 2.31. The minimum absolute atomic E-state index is 0.00439. The summed E-state index contributed by atoms with van der Waals surface area (Å²) in [5.41, 5.74) is 1.62. The van der Waals surface area contributed by atoms with Crippen molar-refractivity contribution in [1.82, 2.24) is 0 Å². The molecule has 0 bridgehead atoms. The number of benzene rings is 2. The van der Waals surface area contributed by atoms with Crippen molar-refractivity contribution >= 4 is 45.1 Å². The molecular weight excluding hydrogens is 418 g/mol. The highest BCUT2D eigenvalue weighted by atomic mass is 79.9. The van der Waals surface area contributed by atoms with Crippen molar-refractivity contribution in [2.45, 2.75) is 0 Å². The number of aromatic carboxylic acids is 1. The van der Waals surface area contributed by atoms with E-state index in [1.54, 1.807) is 18.2 Å². The molecule has 0 aliphatic heterocycles. The maximum atomic E-state index is 11.0. The summed E-state index contributed by atoms with van der Waals surface area (Å²) in [5.74, 6) is -0.446. The van der Waals surface area contributed by atoms with E-state index in [4.69, 9.17) is 16.0 Å². The number of hydrogen-bond donors (Lipinski definition) is 0. The predicted molar refractivity (Wildman–Crippen MR) is 101 cm³/mol. The molecule has 128 valence electrons. The van der Waals surface area contributed by atoms with Gasteiger partial charge in [-0.15, -0.1) is 0 Å². The summed E-state index contributed by atoms with van der Waals surface area (Å²) in [7, 11) is 0. The molecule has 0 saturated carbocycles. The van der Waals surface area contributed by atoms with Crippen LogP contribution in [-0.4, -0.2) is 5.97 Å². The molecular formula is C20H10BrClNO3-. The first kappa shape index (κ1) is 18.0. The van der Waals surface area contributed by atoms with Gasteiger partial charge in [-0.25, -0.2) is 0 Å². The normalized spacial score (nSPS) is 11.2. The molecule has 0 aliphatic rings. The first-order valence-electron chi connectivity index (χ1n) is 7.47. The zero-order valence-electron chi connectivity index (χ0n) is 13.2. The van der Waals surface area contributed by atoms with Crippen molar-refractivity contribution in [3.63, 3.8) is 0 Å². The summed E-state index contributed by atoms with van der Waals surface area (Å²) in [6, 6.07) is 17.1. The molecule has 1 aromatic heterocycles. The van der Waals surface area contributed by atoms with Crippen LogP contribution in [0.2, 0.25) is 5.02 Å². The summed E-state index contributed by atoms with van der Waals surface area (Å²) in [6.07, 6.45) is 1.61. The van der Waals surface area contributed by atoms with Crippen molar-refractivity contribution in [1.29, 1.82) is 5.26 Å². The molecule has 1 heterocycles. The maximum absolute atomic E-state index is 11.0. The molecule has 0 radical (unpaired) electrons. The molecule has 6 heteroatoms. The van der Waals surface area contributed by atoms with E-state index < -0.39 is 5.97 Å². The highest BCUT2D eigenvalue weighted by Gasteiger charge is 2.11. The van der Waals surface area contributed by atoms with Gasteiger partial charge in [-0.2, -0.15) is 5.26 Å². The average molecular weight is 428 g/mol. The largest absolute Gasteiger partial charge is 0.545 e. The van der Waals surface area contributed by atoms with E-state index in [1.165, 1.54) is 18.2 Å². The predicted octanol–water partition coefficient (Wildman–Crippen LogP) is 4.79. The van der Waals surface area contributed by atoms with Gasteiger partial charge in [0, 0.05) is 10.0 Å². The smallest absolute Gasteiger partial charge is 0.136 e. The van der Waals surface area contributed by atoms with Crippen molar-refractivity contribution in [2.75, 3.05) is 0 Å². The maximum Gasteiger partial charge on any atom is 0.136 e. The second-order valence-corrected chi connectivity index (χ2v) is 6.69. The van der Waals surface area contributed by atoms with Crippen LogP contribution in [0.5, 0.6) is 0 Å². The van der Waals surface area contributed by atoms with Crippen LogP contribution >= 0.6 is 27.5 Å². The van der Waals surface area contributed by atoms with Gasteiger partial charge >= 0.3 is 0 Å². The number of carboxylic acids is 1. The summed E-state index contributed by atoms with van der Waals surface area (Å²) in [4.78, 5) is 11.0. The van der Waals surface area contributed by atoms with Crippen LogP contribution in [0.25, 0.3) is 23.0 Å². The molecule has 2 aromatic carbocycles. The molecule has 0 unspecified atom stereocenters. The molecule has 26 heavy (non-hydrogen) atoms. The molecule has 0 saturated heterocycles. The number of halogens is 2. The van der Waals surface area contributed by atoms with Crippen LogP contribution in [-0.2, 0) is 0 Å². The number of hydrogen-bond acceptors (Lipinski definition) is 4. The summed E-state index contributed by atoms with van der Waals surface area (Å²) in [6.45, 7) is 0. The SMILES string of the molecule is N#C/C(=C/c1ccc(-c2cc(C(=O)[O-])ccc2Cl)o1)c1cccc(Br)c1. The molecule has 0 atom stereocenters. The van der Waals surface area contributed by atoms with E-state index in [9.17, 15) is 15.2 Å². The first-order chi connectivity index (χ1) is 12.5. The summed E-state index contributed by atoms with van der Waals surface area (Å²) >= 11 is 9.52. The minimum atomic E-state index is -1.30. The van der Waals surface area contributed by atoms with Crippen molar-refractivity contribution < 1.29 is 14.3 Å². The number of rotatable bonds is 4. The monoisotopic (exact) mass is 426 g/mol. The van der Waals surface area contributed by atoms with Gasteiger partial charge in [-0.05, 0) is 53.6 Å². The lowest BCUT2D eigenvalue weighted by Gasteiger charge is -2.06. The molecule has 0 fully saturated rings. The number of nitriles is 1. The first-order valence-corrected chi connectivity index (χ1v) is 8.64. The molecule has 3 aromatic rings. The van der Waals surface area contributed by atoms with Gasteiger partial charge in [-0.3, -0.25) is 0 Å². The van der Waals surface area contributed by atoms with Gasteiger partial charge in [0.2, 0.25) is 0 Å². The molecule has 0 spiro atoms. The highest BCUT2D eigenvalue weighted by molar-refractivity contribution is 9.10. The molecule has 0 N–H and O–H groups in total. The van der Waals surface area contributed by atoms with Crippen LogP contribution in [0.15, 0.2) is 63.5 Å². The van der Waals surface area contributed by atoms with Gasteiger partial charge in [-0.1, -0.05) is 45.7 Å². The van der Waals surface area contributed by atoms with E-state index in [0.717, 1.165) is 10.0 Å². The molecule has 0 amide bonds. The van der Waals surface area contributed by atoms with Crippen LogP contribution in [0, 0.1) is 11.3 Å². The standard InChI is InChI=1S/C20H11BrClNO3/c21-15-3-1-2-12(8-15)14(11-23)9-16-5-7-19(26-16)17-10-13(20(24)25)4-6-18(17)22/h1-10H,(H,24,25)/p-1/b14-9-. The van der Waals surface area contributed by atoms with Gasteiger partial charge in [0.05, 0.1) is 22.6 Å². The minimum Gasteiger partial charge on any atom is -0.545 e. The number of carboxylic acid groups (broad SMARTS) is 1. The van der Waals surface area contributed by atoms with Crippen molar-refractivity contribution in [2.24, 2.45) is 0 Å². The second kappa shape index (κ2) is 7.61. The van der Waals surface area contributed by atoms with Crippen molar-refractivity contribution in [3.8, 4) is 17.4 Å². The Hall–Kier alpha value is -2.81. The Morgan fingerprint density at radius 1 is 1.15 bits per heavy atom. The lowest BCUT2D eigenvalue weighted by molar-refractivity contribution is -0.255. The molecule has 4 nitrogen and oxygen atoms in total. The van der Waals surface area contributed by atoms with E-state index in [-0.39, 0.29) is 5.56 Å². The topological polar surface area (TPSA) is 77.1 Å². The summed E-state index contributed by atoms with van der Waals surface area (Å²) < 4.78 is 6.60. The third-order valence-corrected chi connectivity index (χ3v) is 4.46.